The standard InChI is InChI=1S/C19H25N3O3/c1-13(14-3-4-16-15(11-14)12-17(23)21-16)20-18(24)19(5-2-6-19)22-7-9-25-10-8-22/h3-4,11,13H,2,5-10,12H2,1H3,(H,20,24)(H,21,23)/t13-/m0/s1. The summed E-state index contributed by atoms with van der Waals surface area (Å²) in [5.41, 5.74) is 2.58. The molecule has 4 rings (SSSR count). The fourth-order valence-electron chi connectivity index (χ4n) is 4.12. The first-order valence-electron chi connectivity index (χ1n) is 9.15. The number of amides is 2. The van der Waals surface area contributed by atoms with E-state index >= 15 is 0 Å². The summed E-state index contributed by atoms with van der Waals surface area (Å²) in [5, 5.41) is 6.06. The summed E-state index contributed by atoms with van der Waals surface area (Å²) >= 11 is 0. The van der Waals surface area contributed by atoms with Crippen molar-refractivity contribution in [2.45, 2.75) is 44.2 Å². The van der Waals surface area contributed by atoms with Gasteiger partial charge in [0, 0.05) is 18.8 Å². The Labute approximate surface area is 147 Å². The van der Waals surface area contributed by atoms with E-state index in [9.17, 15) is 9.59 Å². The van der Waals surface area contributed by atoms with E-state index in [0.29, 0.717) is 19.6 Å². The average molecular weight is 343 g/mol. The minimum Gasteiger partial charge on any atom is -0.379 e. The van der Waals surface area contributed by atoms with Gasteiger partial charge in [-0.2, -0.15) is 0 Å². The van der Waals surface area contributed by atoms with Gasteiger partial charge in [0.1, 0.15) is 5.54 Å². The van der Waals surface area contributed by atoms with Crippen molar-refractivity contribution in [3.05, 3.63) is 29.3 Å². The van der Waals surface area contributed by atoms with Crippen LogP contribution in [0.1, 0.15) is 43.4 Å². The van der Waals surface area contributed by atoms with E-state index in [2.05, 4.69) is 15.5 Å². The normalized spacial score (nSPS) is 23.3. The molecule has 0 bridgehead atoms. The highest BCUT2D eigenvalue weighted by Crippen LogP contribution is 2.39. The molecule has 3 aliphatic rings. The van der Waals surface area contributed by atoms with Crippen molar-refractivity contribution in [3.63, 3.8) is 0 Å². The van der Waals surface area contributed by atoms with E-state index in [-0.39, 0.29) is 23.4 Å². The second-order valence-corrected chi connectivity index (χ2v) is 7.32. The molecule has 2 heterocycles. The van der Waals surface area contributed by atoms with Crippen LogP contribution in [0, 0.1) is 0 Å². The van der Waals surface area contributed by atoms with E-state index in [0.717, 1.165) is 49.2 Å². The Morgan fingerprint density at radius 2 is 2.08 bits per heavy atom. The first-order chi connectivity index (χ1) is 12.1. The molecule has 1 aliphatic carbocycles. The third-order valence-electron chi connectivity index (χ3n) is 5.82. The molecule has 1 aromatic carbocycles. The molecule has 1 aromatic rings. The minimum absolute atomic E-state index is 0.0320. The third-order valence-corrected chi connectivity index (χ3v) is 5.82. The van der Waals surface area contributed by atoms with Crippen LogP contribution in [0.2, 0.25) is 0 Å². The van der Waals surface area contributed by atoms with Crippen molar-refractivity contribution in [3.8, 4) is 0 Å². The molecule has 2 fully saturated rings. The van der Waals surface area contributed by atoms with Crippen molar-refractivity contribution in [2.75, 3.05) is 31.6 Å². The van der Waals surface area contributed by atoms with Gasteiger partial charge in [0.05, 0.1) is 25.7 Å². The average Bonchev–Trinajstić information content (AvgIpc) is 2.94. The first-order valence-corrected chi connectivity index (χ1v) is 9.15. The van der Waals surface area contributed by atoms with E-state index < -0.39 is 0 Å². The first kappa shape index (κ1) is 16.5. The Morgan fingerprint density at radius 3 is 2.76 bits per heavy atom. The number of hydrogen-bond donors (Lipinski definition) is 2. The number of ether oxygens (including phenoxy) is 1. The number of benzene rings is 1. The summed E-state index contributed by atoms with van der Waals surface area (Å²) in [7, 11) is 0. The van der Waals surface area contributed by atoms with E-state index in [1.165, 1.54) is 0 Å². The zero-order chi connectivity index (χ0) is 17.4. The van der Waals surface area contributed by atoms with Crippen molar-refractivity contribution < 1.29 is 14.3 Å². The number of rotatable bonds is 4. The van der Waals surface area contributed by atoms with Crippen LogP contribution in [-0.2, 0) is 20.7 Å². The molecule has 134 valence electrons. The lowest BCUT2D eigenvalue weighted by atomic mass is 9.74. The molecule has 6 heteroatoms. The van der Waals surface area contributed by atoms with Crippen LogP contribution in [0.25, 0.3) is 0 Å². The van der Waals surface area contributed by atoms with Gasteiger partial charge in [-0.3, -0.25) is 14.5 Å². The van der Waals surface area contributed by atoms with Gasteiger partial charge in [0.15, 0.2) is 0 Å². The molecular formula is C19H25N3O3. The summed E-state index contributed by atoms with van der Waals surface area (Å²) in [6.07, 6.45) is 3.37. The van der Waals surface area contributed by atoms with Gasteiger partial charge in [0.25, 0.3) is 0 Å². The fourth-order valence-corrected chi connectivity index (χ4v) is 4.12. The topological polar surface area (TPSA) is 70.7 Å². The molecule has 1 atom stereocenters. The largest absolute Gasteiger partial charge is 0.379 e. The molecule has 0 aromatic heterocycles. The highest BCUT2D eigenvalue weighted by Gasteiger charge is 2.49. The van der Waals surface area contributed by atoms with Crippen LogP contribution in [0.5, 0.6) is 0 Å². The highest BCUT2D eigenvalue weighted by molar-refractivity contribution is 5.99. The maximum absolute atomic E-state index is 13.1. The molecule has 0 unspecified atom stereocenters. The number of anilines is 1. The van der Waals surface area contributed by atoms with Gasteiger partial charge in [-0.25, -0.2) is 0 Å². The molecule has 1 saturated carbocycles. The highest BCUT2D eigenvalue weighted by atomic mass is 16.5. The summed E-state index contributed by atoms with van der Waals surface area (Å²) < 4.78 is 5.44. The Bertz CT molecular complexity index is 693. The van der Waals surface area contributed by atoms with E-state index in [4.69, 9.17) is 4.74 Å². The van der Waals surface area contributed by atoms with Gasteiger partial charge in [-0.15, -0.1) is 0 Å². The zero-order valence-electron chi connectivity index (χ0n) is 14.6. The number of hydrogen-bond acceptors (Lipinski definition) is 4. The molecule has 2 amide bonds. The van der Waals surface area contributed by atoms with Crippen LogP contribution in [0.3, 0.4) is 0 Å². The lowest BCUT2D eigenvalue weighted by Crippen LogP contribution is -2.65. The van der Waals surface area contributed by atoms with Crippen LogP contribution < -0.4 is 10.6 Å². The molecule has 2 aliphatic heterocycles. The van der Waals surface area contributed by atoms with Gasteiger partial charge >= 0.3 is 0 Å². The van der Waals surface area contributed by atoms with Gasteiger partial charge in [0.2, 0.25) is 11.8 Å². The summed E-state index contributed by atoms with van der Waals surface area (Å²) in [6.45, 7) is 5.07. The number of carbonyl (C=O) groups excluding carboxylic acids is 2. The number of fused-ring (bicyclic) bond motifs is 1. The molecular weight excluding hydrogens is 318 g/mol. The predicted molar refractivity (Wildman–Crippen MR) is 94.3 cm³/mol. The number of morpholine rings is 1. The summed E-state index contributed by atoms with van der Waals surface area (Å²) in [6, 6.07) is 5.86. The number of carbonyl (C=O) groups is 2. The molecule has 6 nitrogen and oxygen atoms in total. The van der Waals surface area contributed by atoms with Crippen molar-refractivity contribution >= 4 is 17.5 Å². The van der Waals surface area contributed by atoms with Crippen LogP contribution >= 0.6 is 0 Å². The number of nitrogens with one attached hydrogen (secondary N) is 2. The predicted octanol–water partition coefficient (Wildman–Crippen LogP) is 1.61. The zero-order valence-corrected chi connectivity index (χ0v) is 14.6. The second-order valence-electron chi connectivity index (χ2n) is 7.32. The van der Waals surface area contributed by atoms with E-state index in [1.807, 2.05) is 25.1 Å². The smallest absolute Gasteiger partial charge is 0.241 e. The Hall–Kier alpha value is -1.92. The lowest BCUT2D eigenvalue weighted by molar-refractivity contribution is -0.145. The lowest BCUT2D eigenvalue weighted by Gasteiger charge is -2.50. The monoisotopic (exact) mass is 343 g/mol. The third kappa shape index (κ3) is 2.93. The molecule has 1 saturated heterocycles. The van der Waals surface area contributed by atoms with Crippen molar-refractivity contribution in [1.29, 1.82) is 0 Å². The SMILES string of the molecule is C[C@H](NC(=O)C1(N2CCOCC2)CCC1)c1ccc2c(c1)CC(=O)N2. The van der Waals surface area contributed by atoms with Gasteiger partial charge in [-0.05, 0) is 43.4 Å². The van der Waals surface area contributed by atoms with Crippen LogP contribution in [0.4, 0.5) is 5.69 Å². The summed E-state index contributed by atoms with van der Waals surface area (Å²) in [4.78, 5) is 26.9. The maximum atomic E-state index is 13.1. The molecule has 0 spiro atoms. The van der Waals surface area contributed by atoms with Gasteiger partial charge < -0.3 is 15.4 Å². The molecule has 0 radical (unpaired) electrons. The Kier molecular flexibility index (Phi) is 4.25. The summed E-state index contributed by atoms with van der Waals surface area (Å²) in [5.74, 6) is 0.160. The second kappa shape index (κ2) is 6.42. The Morgan fingerprint density at radius 1 is 1.32 bits per heavy atom. The maximum Gasteiger partial charge on any atom is 0.241 e. The molecule has 2 N–H and O–H groups in total. The van der Waals surface area contributed by atoms with Gasteiger partial charge in [-0.1, -0.05) is 12.1 Å². The fraction of sp³-hybridized carbons (Fsp3) is 0.579. The minimum atomic E-state index is -0.355. The quantitative estimate of drug-likeness (QED) is 0.871. The van der Waals surface area contributed by atoms with Crippen LogP contribution in [-0.4, -0.2) is 48.6 Å². The number of nitrogens with zero attached hydrogens (tertiary/aromatic N) is 1. The van der Waals surface area contributed by atoms with Crippen molar-refractivity contribution in [2.24, 2.45) is 0 Å². The van der Waals surface area contributed by atoms with Crippen LogP contribution in [0.15, 0.2) is 18.2 Å². The van der Waals surface area contributed by atoms with Crippen molar-refractivity contribution in [1.82, 2.24) is 10.2 Å². The molecule has 25 heavy (non-hydrogen) atoms. The Balaban J connectivity index is 1.46. The van der Waals surface area contributed by atoms with E-state index in [1.54, 1.807) is 0 Å².